The number of carbonyl (C=O) groups is 1. The van der Waals surface area contributed by atoms with Gasteiger partial charge in [-0.05, 0) is 66.2 Å². The Kier molecular flexibility index (Phi) is 5.91. The van der Waals surface area contributed by atoms with Gasteiger partial charge in [0.15, 0.2) is 0 Å². The third-order valence-corrected chi connectivity index (χ3v) is 5.44. The Bertz CT molecular complexity index is 1430. The van der Waals surface area contributed by atoms with E-state index in [1.165, 1.54) is 0 Å². The van der Waals surface area contributed by atoms with Crippen molar-refractivity contribution >= 4 is 28.8 Å². The summed E-state index contributed by atoms with van der Waals surface area (Å²) in [6, 6.07) is 32.2. The van der Waals surface area contributed by atoms with Crippen LogP contribution < -0.4 is 4.74 Å². The second-order valence-electron chi connectivity index (χ2n) is 7.78. The molecule has 4 aromatic carbocycles. The van der Waals surface area contributed by atoms with E-state index in [9.17, 15) is 4.79 Å². The highest BCUT2D eigenvalue weighted by Gasteiger charge is 2.07. The van der Waals surface area contributed by atoms with Crippen LogP contribution in [-0.4, -0.2) is 17.3 Å². The summed E-state index contributed by atoms with van der Waals surface area (Å²) in [5.41, 5.74) is 4.67. The molecule has 0 saturated heterocycles. The summed E-state index contributed by atoms with van der Waals surface area (Å²) in [4.78, 5) is 15.6. The number of aromatic carboxylic acids is 1. The molecule has 0 amide bonds. The lowest BCUT2D eigenvalue weighted by atomic mass is 10.1. The van der Waals surface area contributed by atoms with E-state index in [0.29, 0.717) is 12.4 Å². The van der Waals surface area contributed by atoms with Gasteiger partial charge in [0.1, 0.15) is 23.7 Å². The zero-order valence-electron chi connectivity index (χ0n) is 18.2. The molecule has 5 heteroatoms. The van der Waals surface area contributed by atoms with Gasteiger partial charge in [0.2, 0.25) is 0 Å². The third-order valence-electron chi connectivity index (χ3n) is 5.44. The Morgan fingerprint density at radius 2 is 1.62 bits per heavy atom. The van der Waals surface area contributed by atoms with Gasteiger partial charge >= 0.3 is 5.97 Å². The predicted octanol–water partition coefficient (Wildman–Crippen LogP) is 7.13. The van der Waals surface area contributed by atoms with Crippen LogP contribution in [0.25, 0.3) is 22.3 Å². The summed E-state index contributed by atoms with van der Waals surface area (Å²) in [6.45, 7) is 0.330. The number of rotatable bonds is 7. The molecule has 0 atom stereocenters. The van der Waals surface area contributed by atoms with Gasteiger partial charge in [0, 0.05) is 22.7 Å². The maximum absolute atomic E-state index is 11.0. The zero-order valence-corrected chi connectivity index (χ0v) is 18.2. The van der Waals surface area contributed by atoms with Crippen molar-refractivity contribution in [2.45, 2.75) is 6.61 Å². The molecule has 1 heterocycles. The first-order valence-electron chi connectivity index (χ1n) is 10.8. The number of ether oxygens (including phenoxy) is 1. The molecular weight excluding hydrogens is 426 g/mol. The molecule has 5 aromatic rings. The molecule has 0 aliphatic carbocycles. The Balaban J connectivity index is 1.28. The SMILES string of the molecule is O=C(O)c1ccc(COc2ccccc2C=Nc2ccc(-c3cc4ccccc4o3)cc2)cc1. The van der Waals surface area contributed by atoms with Crippen LogP contribution in [0.15, 0.2) is 113 Å². The normalized spacial score (nSPS) is 11.2. The monoisotopic (exact) mass is 447 g/mol. The topological polar surface area (TPSA) is 72.0 Å². The number of carboxylic acids is 1. The molecule has 5 nitrogen and oxygen atoms in total. The van der Waals surface area contributed by atoms with Crippen LogP contribution in [0.3, 0.4) is 0 Å². The molecule has 0 saturated carbocycles. The van der Waals surface area contributed by atoms with E-state index in [1.54, 1.807) is 30.5 Å². The van der Waals surface area contributed by atoms with Crippen molar-refractivity contribution in [3.8, 4) is 17.1 Å². The molecule has 5 rings (SSSR count). The first kappa shape index (κ1) is 21.2. The molecule has 0 aliphatic rings. The van der Waals surface area contributed by atoms with Crippen molar-refractivity contribution in [1.82, 2.24) is 0 Å². The van der Waals surface area contributed by atoms with Crippen LogP contribution in [0, 0.1) is 0 Å². The fourth-order valence-electron chi connectivity index (χ4n) is 3.60. The lowest BCUT2D eigenvalue weighted by Crippen LogP contribution is -2.00. The van der Waals surface area contributed by atoms with Gasteiger partial charge in [-0.2, -0.15) is 0 Å². The smallest absolute Gasteiger partial charge is 0.335 e. The number of furan rings is 1. The van der Waals surface area contributed by atoms with E-state index in [4.69, 9.17) is 14.3 Å². The van der Waals surface area contributed by atoms with E-state index in [0.717, 1.165) is 39.1 Å². The largest absolute Gasteiger partial charge is 0.488 e. The molecule has 34 heavy (non-hydrogen) atoms. The molecule has 0 bridgehead atoms. The van der Waals surface area contributed by atoms with Crippen LogP contribution in [0.5, 0.6) is 5.75 Å². The number of benzene rings is 4. The third kappa shape index (κ3) is 4.74. The fourth-order valence-corrected chi connectivity index (χ4v) is 3.60. The highest BCUT2D eigenvalue weighted by molar-refractivity contribution is 5.87. The van der Waals surface area contributed by atoms with E-state index >= 15 is 0 Å². The fraction of sp³-hybridized carbons (Fsp3) is 0.0345. The van der Waals surface area contributed by atoms with Crippen LogP contribution in [0.4, 0.5) is 5.69 Å². The van der Waals surface area contributed by atoms with Crippen molar-refractivity contribution in [1.29, 1.82) is 0 Å². The maximum Gasteiger partial charge on any atom is 0.335 e. The second-order valence-corrected chi connectivity index (χ2v) is 7.78. The average molecular weight is 447 g/mol. The number of aliphatic imine (C=N–C) groups is 1. The minimum absolute atomic E-state index is 0.252. The van der Waals surface area contributed by atoms with Gasteiger partial charge in [-0.15, -0.1) is 0 Å². The van der Waals surface area contributed by atoms with Gasteiger partial charge in [-0.3, -0.25) is 4.99 Å². The van der Waals surface area contributed by atoms with Crippen molar-refractivity contribution in [2.75, 3.05) is 0 Å². The van der Waals surface area contributed by atoms with E-state index in [1.807, 2.05) is 78.9 Å². The summed E-state index contributed by atoms with van der Waals surface area (Å²) in [5, 5.41) is 10.1. The number of para-hydroxylation sites is 2. The number of nitrogens with zero attached hydrogens (tertiary/aromatic N) is 1. The first-order valence-corrected chi connectivity index (χ1v) is 10.8. The van der Waals surface area contributed by atoms with E-state index < -0.39 is 5.97 Å². The molecule has 1 aromatic heterocycles. The van der Waals surface area contributed by atoms with Crippen molar-refractivity contribution < 1.29 is 19.1 Å². The molecule has 0 aliphatic heterocycles. The van der Waals surface area contributed by atoms with Crippen LogP contribution in [-0.2, 0) is 6.61 Å². The quantitative estimate of drug-likeness (QED) is 0.269. The Morgan fingerprint density at radius 1 is 0.882 bits per heavy atom. The minimum Gasteiger partial charge on any atom is -0.488 e. The molecule has 0 unspecified atom stereocenters. The highest BCUT2D eigenvalue weighted by Crippen LogP contribution is 2.29. The summed E-state index contributed by atoms with van der Waals surface area (Å²) in [7, 11) is 0. The van der Waals surface area contributed by atoms with Crippen LogP contribution >= 0.6 is 0 Å². The summed E-state index contributed by atoms with van der Waals surface area (Å²) in [5.74, 6) is 0.582. The molecular formula is C29H21NO4. The van der Waals surface area contributed by atoms with Gasteiger partial charge in [-0.1, -0.05) is 42.5 Å². The number of hydrogen-bond acceptors (Lipinski definition) is 4. The van der Waals surface area contributed by atoms with E-state index in [2.05, 4.69) is 4.99 Å². The lowest BCUT2D eigenvalue weighted by Gasteiger charge is -2.09. The first-order chi connectivity index (χ1) is 16.7. The highest BCUT2D eigenvalue weighted by atomic mass is 16.5. The Hall–Kier alpha value is -4.64. The molecule has 0 spiro atoms. The number of hydrogen-bond donors (Lipinski definition) is 1. The summed E-state index contributed by atoms with van der Waals surface area (Å²) < 4.78 is 11.9. The maximum atomic E-state index is 11.0. The van der Waals surface area contributed by atoms with Crippen molar-refractivity contribution in [3.05, 3.63) is 120 Å². The van der Waals surface area contributed by atoms with Crippen LogP contribution in [0.1, 0.15) is 21.5 Å². The molecule has 166 valence electrons. The zero-order chi connectivity index (χ0) is 23.3. The summed E-state index contributed by atoms with van der Waals surface area (Å²) in [6.07, 6.45) is 1.78. The standard InChI is InChI=1S/C29H21NO4/c31-29(32)22-11-9-20(10-12-22)19-33-26-7-3-2-6-24(26)18-30-25-15-13-21(14-16-25)28-17-23-5-1-4-8-27(23)34-28/h1-18H,19H2,(H,31,32). The second kappa shape index (κ2) is 9.46. The van der Waals surface area contributed by atoms with Crippen LogP contribution in [0.2, 0.25) is 0 Å². The van der Waals surface area contributed by atoms with Gasteiger partial charge in [-0.25, -0.2) is 4.79 Å². The minimum atomic E-state index is -0.945. The van der Waals surface area contributed by atoms with Gasteiger partial charge in [0.25, 0.3) is 0 Å². The molecule has 0 radical (unpaired) electrons. The van der Waals surface area contributed by atoms with Crippen molar-refractivity contribution in [3.63, 3.8) is 0 Å². The van der Waals surface area contributed by atoms with Gasteiger partial charge < -0.3 is 14.3 Å². The summed E-state index contributed by atoms with van der Waals surface area (Å²) >= 11 is 0. The molecule has 0 fully saturated rings. The Labute approximate surface area is 196 Å². The number of carboxylic acid groups (broad SMARTS) is 1. The van der Waals surface area contributed by atoms with E-state index in [-0.39, 0.29) is 5.56 Å². The van der Waals surface area contributed by atoms with Crippen molar-refractivity contribution in [2.24, 2.45) is 4.99 Å². The average Bonchev–Trinajstić information content (AvgIpc) is 3.32. The predicted molar refractivity (Wildman–Crippen MR) is 133 cm³/mol. The number of fused-ring (bicyclic) bond motifs is 1. The molecule has 1 N–H and O–H groups in total. The lowest BCUT2D eigenvalue weighted by molar-refractivity contribution is 0.0697. The van der Waals surface area contributed by atoms with Gasteiger partial charge in [0.05, 0.1) is 11.3 Å². The Morgan fingerprint density at radius 3 is 2.38 bits per heavy atom.